The number of aromatic nitrogens is 2. The molecule has 0 bridgehead atoms. The van der Waals surface area contributed by atoms with Crippen molar-refractivity contribution in [1.29, 1.82) is 0 Å². The van der Waals surface area contributed by atoms with Gasteiger partial charge in [0.25, 0.3) is 0 Å². The van der Waals surface area contributed by atoms with Crippen molar-refractivity contribution >= 4 is 5.82 Å². The molecule has 100 valence electrons. The van der Waals surface area contributed by atoms with Gasteiger partial charge in [0.1, 0.15) is 11.6 Å². The van der Waals surface area contributed by atoms with Crippen molar-refractivity contribution in [2.24, 2.45) is 0 Å². The lowest BCUT2D eigenvalue weighted by Gasteiger charge is -2.13. The van der Waals surface area contributed by atoms with Crippen LogP contribution >= 0.6 is 0 Å². The number of benzene rings is 1. The summed E-state index contributed by atoms with van der Waals surface area (Å²) in [5, 5.41) is 3.12. The molecule has 0 saturated carbocycles. The molecule has 4 heteroatoms. The van der Waals surface area contributed by atoms with Gasteiger partial charge in [-0.2, -0.15) is 4.98 Å². The molecule has 0 saturated heterocycles. The second-order valence-electron chi connectivity index (χ2n) is 4.57. The Kier molecular flexibility index (Phi) is 4.34. The topological polar surface area (TPSA) is 47.0 Å². The summed E-state index contributed by atoms with van der Waals surface area (Å²) in [5.74, 6) is 2.47. The van der Waals surface area contributed by atoms with Crippen molar-refractivity contribution in [1.82, 2.24) is 9.97 Å². The van der Waals surface area contributed by atoms with E-state index >= 15 is 0 Å². The molecule has 1 aromatic heterocycles. The fourth-order valence-corrected chi connectivity index (χ4v) is 1.83. The van der Waals surface area contributed by atoms with Gasteiger partial charge in [-0.05, 0) is 24.5 Å². The largest absolute Gasteiger partial charge is 0.437 e. The highest BCUT2D eigenvalue weighted by atomic mass is 16.5. The molecule has 0 spiro atoms. The van der Waals surface area contributed by atoms with Crippen LogP contribution in [0.2, 0.25) is 0 Å². The maximum Gasteiger partial charge on any atom is 0.239 e. The lowest BCUT2D eigenvalue weighted by Crippen LogP contribution is -2.01. The zero-order valence-corrected chi connectivity index (χ0v) is 11.6. The fourth-order valence-electron chi connectivity index (χ4n) is 1.83. The van der Waals surface area contributed by atoms with E-state index < -0.39 is 0 Å². The molecule has 1 heterocycles. The van der Waals surface area contributed by atoms with Gasteiger partial charge in [-0.3, -0.25) is 4.98 Å². The average Bonchev–Trinajstić information content (AvgIpc) is 2.40. The molecule has 0 atom stereocenters. The fraction of sp³-hybridized carbons (Fsp3) is 0.333. The van der Waals surface area contributed by atoms with Crippen molar-refractivity contribution in [2.45, 2.75) is 26.7 Å². The van der Waals surface area contributed by atoms with Crippen molar-refractivity contribution in [3.8, 4) is 11.6 Å². The molecule has 0 amide bonds. The summed E-state index contributed by atoms with van der Waals surface area (Å²) in [4.78, 5) is 8.49. The molecule has 2 rings (SSSR count). The predicted molar refractivity (Wildman–Crippen MR) is 76.8 cm³/mol. The van der Waals surface area contributed by atoms with Gasteiger partial charge in [0, 0.05) is 6.54 Å². The van der Waals surface area contributed by atoms with E-state index in [1.165, 1.54) is 0 Å². The summed E-state index contributed by atoms with van der Waals surface area (Å²) in [5.41, 5.74) is 1.16. The van der Waals surface area contributed by atoms with Crippen molar-refractivity contribution in [3.63, 3.8) is 0 Å². The summed E-state index contributed by atoms with van der Waals surface area (Å²) in [6.07, 6.45) is 3.31. The van der Waals surface area contributed by atoms with Gasteiger partial charge in [-0.15, -0.1) is 0 Å². The third-order valence-corrected chi connectivity index (χ3v) is 2.73. The molecule has 4 nitrogen and oxygen atoms in total. The Morgan fingerprint density at radius 2 is 2.00 bits per heavy atom. The molecule has 0 radical (unpaired) electrons. The number of rotatable bonds is 5. The van der Waals surface area contributed by atoms with Crippen molar-refractivity contribution in [2.75, 3.05) is 11.9 Å². The first kappa shape index (κ1) is 13.3. The molecule has 0 aliphatic carbocycles. The number of nitrogens with one attached hydrogen (secondary N) is 1. The van der Waals surface area contributed by atoms with E-state index in [-0.39, 0.29) is 0 Å². The molecule has 0 aliphatic rings. The quantitative estimate of drug-likeness (QED) is 0.884. The minimum absolute atomic E-state index is 0.404. The van der Waals surface area contributed by atoms with E-state index in [0.29, 0.717) is 11.8 Å². The lowest BCUT2D eigenvalue weighted by molar-refractivity contribution is 0.452. The summed E-state index contributed by atoms with van der Waals surface area (Å²) in [6, 6.07) is 8.00. The maximum atomic E-state index is 5.84. The van der Waals surface area contributed by atoms with Crippen molar-refractivity contribution in [3.05, 3.63) is 42.2 Å². The number of anilines is 1. The van der Waals surface area contributed by atoms with Gasteiger partial charge in [-0.1, -0.05) is 32.0 Å². The molecule has 19 heavy (non-hydrogen) atoms. The van der Waals surface area contributed by atoms with Crippen LogP contribution in [0.4, 0.5) is 5.82 Å². The van der Waals surface area contributed by atoms with Gasteiger partial charge in [0.05, 0.1) is 12.4 Å². The molecule has 0 aliphatic heterocycles. The second-order valence-corrected chi connectivity index (χ2v) is 4.57. The number of nitrogens with zero attached hydrogens (tertiary/aromatic N) is 2. The lowest BCUT2D eigenvalue weighted by atomic mass is 10.0. The summed E-state index contributed by atoms with van der Waals surface area (Å²) < 4.78 is 5.84. The van der Waals surface area contributed by atoms with Crippen LogP contribution in [-0.2, 0) is 0 Å². The molecule has 0 fully saturated rings. The van der Waals surface area contributed by atoms with Gasteiger partial charge in [-0.25, -0.2) is 0 Å². The Morgan fingerprint density at radius 1 is 1.21 bits per heavy atom. The van der Waals surface area contributed by atoms with Gasteiger partial charge in [0.2, 0.25) is 5.88 Å². The Balaban J connectivity index is 2.23. The van der Waals surface area contributed by atoms with E-state index in [4.69, 9.17) is 4.74 Å². The Morgan fingerprint density at radius 3 is 2.74 bits per heavy atom. The summed E-state index contributed by atoms with van der Waals surface area (Å²) >= 11 is 0. The Labute approximate surface area is 113 Å². The van der Waals surface area contributed by atoms with Crippen LogP contribution in [0.15, 0.2) is 36.7 Å². The van der Waals surface area contributed by atoms with Crippen LogP contribution < -0.4 is 10.1 Å². The number of hydrogen-bond donors (Lipinski definition) is 1. The second kappa shape index (κ2) is 6.18. The first-order valence-corrected chi connectivity index (χ1v) is 6.53. The van der Waals surface area contributed by atoms with Gasteiger partial charge < -0.3 is 10.1 Å². The Hall–Kier alpha value is -2.10. The minimum atomic E-state index is 0.404. The monoisotopic (exact) mass is 257 g/mol. The predicted octanol–water partition coefficient (Wildman–Crippen LogP) is 3.82. The van der Waals surface area contributed by atoms with E-state index in [1.807, 2.05) is 25.1 Å². The van der Waals surface area contributed by atoms with E-state index in [2.05, 4.69) is 35.2 Å². The highest BCUT2D eigenvalue weighted by Crippen LogP contribution is 2.29. The molecular weight excluding hydrogens is 238 g/mol. The van der Waals surface area contributed by atoms with Gasteiger partial charge in [0.15, 0.2) is 0 Å². The third kappa shape index (κ3) is 3.44. The third-order valence-electron chi connectivity index (χ3n) is 2.73. The first-order chi connectivity index (χ1) is 9.20. The van der Waals surface area contributed by atoms with E-state index in [0.717, 1.165) is 23.7 Å². The number of ether oxygens (including phenoxy) is 1. The van der Waals surface area contributed by atoms with Crippen LogP contribution in [0.1, 0.15) is 32.3 Å². The maximum absolute atomic E-state index is 5.84. The normalized spacial score (nSPS) is 10.5. The van der Waals surface area contributed by atoms with E-state index in [9.17, 15) is 0 Å². The van der Waals surface area contributed by atoms with Crippen LogP contribution in [-0.4, -0.2) is 16.5 Å². The SMILES string of the molecule is CCNc1cncc(Oc2ccccc2C(C)C)n1. The molecule has 1 N–H and O–H groups in total. The van der Waals surface area contributed by atoms with E-state index in [1.54, 1.807) is 12.4 Å². The molecule has 2 aromatic rings. The van der Waals surface area contributed by atoms with Crippen LogP contribution in [0.25, 0.3) is 0 Å². The number of hydrogen-bond acceptors (Lipinski definition) is 4. The van der Waals surface area contributed by atoms with Crippen molar-refractivity contribution < 1.29 is 4.74 Å². The van der Waals surface area contributed by atoms with Gasteiger partial charge >= 0.3 is 0 Å². The molecule has 1 aromatic carbocycles. The highest BCUT2D eigenvalue weighted by Gasteiger charge is 2.09. The summed E-state index contributed by atoms with van der Waals surface area (Å²) in [6.45, 7) is 7.11. The van der Waals surface area contributed by atoms with Crippen LogP contribution in [0.5, 0.6) is 11.6 Å². The average molecular weight is 257 g/mol. The first-order valence-electron chi connectivity index (χ1n) is 6.53. The number of para-hydroxylation sites is 1. The smallest absolute Gasteiger partial charge is 0.239 e. The van der Waals surface area contributed by atoms with Crippen LogP contribution in [0, 0.1) is 0 Å². The zero-order valence-electron chi connectivity index (χ0n) is 11.6. The Bertz CT molecular complexity index is 540. The highest BCUT2D eigenvalue weighted by molar-refractivity contribution is 5.39. The zero-order chi connectivity index (χ0) is 13.7. The van der Waals surface area contributed by atoms with Crippen LogP contribution in [0.3, 0.4) is 0 Å². The summed E-state index contributed by atoms with van der Waals surface area (Å²) in [7, 11) is 0. The minimum Gasteiger partial charge on any atom is -0.437 e. The molecule has 0 unspecified atom stereocenters. The standard InChI is InChI=1S/C15H19N3O/c1-4-17-14-9-16-10-15(18-14)19-13-8-6-5-7-12(13)11(2)3/h5-11H,4H2,1-3H3,(H,17,18). The molecular formula is C15H19N3O.